The molecule has 92 valence electrons. The summed E-state index contributed by atoms with van der Waals surface area (Å²) in [4.78, 5) is 9.97. The Morgan fingerprint density at radius 3 is 2.59 bits per heavy atom. The molecule has 1 aromatic carbocycles. The summed E-state index contributed by atoms with van der Waals surface area (Å²) in [5, 5.41) is 25.5. The number of thiocarbonyl (C=S) groups is 1. The van der Waals surface area contributed by atoms with Crippen molar-refractivity contribution in [3.8, 4) is 0 Å². The number of benzene rings is 1. The van der Waals surface area contributed by atoms with Gasteiger partial charge in [-0.1, -0.05) is 0 Å². The van der Waals surface area contributed by atoms with Crippen LogP contribution in [-0.2, 0) is 0 Å². The summed E-state index contributed by atoms with van der Waals surface area (Å²) in [7, 11) is 0. The first-order valence-electron chi connectivity index (χ1n) is 4.96. The molecule has 0 aliphatic carbocycles. The highest BCUT2D eigenvalue weighted by Crippen LogP contribution is 2.15. The van der Waals surface area contributed by atoms with E-state index in [1.165, 1.54) is 12.1 Å². The first-order chi connectivity index (χ1) is 7.99. The van der Waals surface area contributed by atoms with Gasteiger partial charge in [-0.25, -0.2) is 0 Å². The van der Waals surface area contributed by atoms with E-state index in [1.54, 1.807) is 19.1 Å². The van der Waals surface area contributed by atoms with Crippen molar-refractivity contribution >= 4 is 28.7 Å². The van der Waals surface area contributed by atoms with Crippen LogP contribution in [0.5, 0.6) is 0 Å². The number of aliphatic hydroxyl groups excluding tert-OH is 1. The van der Waals surface area contributed by atoms with Gasteiger partial charge in [0.15, 0.2) is 5.11 Å². The SMILES string of the molecule is C[C@H](O)CNC(=S)Nc1ccc([N+](=O)[O-])cc1. The molecule has 17 heavy (non-hydrogen) atoms. The second-order valence-electron chi connectivity index (χ2n) is 3.49. The predicted octanol–water partition coefficient (Wildman–Crippen LogP) is 1.26. The standard InChI is InChI=1S/C10H13N3O3S/c1-7(14)6-11-10(17)12-8-2-4-9(5-3-8)13(15)16/h2-5,7,14H,6H2,1H3,(H2,11,12,17)/t7-/m0/s1. The Morgan fingerprint density at radius 2 is 2.12 bits per heavy atom. The van der Waals surface area contributed by atoms with E-state index < -0.39 is 11.0 Å². The van der Waals surface area contributed by atoms with E-state index in [2.05, 4.69) is 10.6 Å². The van der Waals surface area contributed by atoms with Crippen molar-refractivity contribution in [2.24, 2.45) is 0 Å². The predicted molar refractivity (Wildman–Crippen MR) is 69.0 cm³/mol. The fourth-order valence-corrected chi connectivity index (χ4v) is 1.28. The van der Waals surface area contributed by atoms with Gasteiger partial charge in [0, 0.05) is 24.4 Å². The number of nitrogens with one attached hydrogen (secondary N) is 2. The molecule has 0 aliphatic heterocycles. The van der Waals surface area contributed by atoms with Gasteiger partial charge in [-0.05, 0) is 31.3 Å². The molecule has 1 atom stereocenters. The molecule has 0 fully saturated rings. The molecule has 0 saturated carbocycles. The Morgan fingerprint density at radius 1 is 1.53 bits per heavy atom. The zero-order valence-electron chi connectivity index (χ0n) is 9.21. The molecule has 0 spiro atoms. The van der Waals surface area contributed by atoms with Gasteiger partial charge in [-0.3, -0.25) is 10.1 Å². The van der Waals surface area contributed by atoms with Crippen LogP contribution in [0.15, 0.2) is 24.3 Å². The van der Waals surface area contributed by atoms with Gasteiger partial charge in [0.25, 0.3) is 5.69 Å². The normalized spacial score (nSPS) is 11.6. The number of non-ortho nitro benzene ring substituents is 1. The van der Waals surface area contributed by atoms with Crippen molar-refractivity contribution < 1.29 is 10.0 Å². The molecule has 0 heterocycles. The van der Waals surface area contributed by atoms with Crippen LogP contribution in [-0.4, -0.2) is 27.8 Å². The van der Waals surface area contributed by atoms with Crippen LogP contribution < -0.4 is 10.6 Å². The van der Waals surface area contributed by atoms with E-state index in [1.807, 2.05) is 0 Å². The lowest BCUT2D eigenvalue weighted by atomic mass is 10.3. The van der Waals surface area contributed by atoms with Crippen LogP contribution in [0.1, 0.15) is 6.92 Å². The lowest BCUT2D eigenvalue weighted by molar-refractivity contribution is -0.384. The van der Waals surface area contributed by atoms with Gasteiger partial charge in [0.1, 0.15) is 0 Å². The van der Waals surface area contributed by atoms with Crippen LogP contribution in [0.2, 0.25) is 0 Å². The molecule has 0 unspecified atom stereocenters. The summed E-state index contributed by atoms with van der Waals surface area (Å²) in [6.45, 7) is 1.99. The largest absolute Gasteiger partial charge is 0.392 e. The van der Waals surface area contributed by atoms with E-state index >= 15 is 0 Å². The fourth-order valence-electron chi connectivity index (χ4n) is 1.08. The van der Waals surface area contributed by atoms with Crippen LogP contribution in [0.25, 0.3) is 0 Å². The van der Waals surface area contributed by atoms with Gasteiger partial charge in [-0.2, -0.15) is 0 Å². The molecule has 3 N–H and O–H groups in total. The first-order valence-corrected chi connectivity index (χ1v) is 5.37. The summed E-state index contributed by atoms with van der Waals surface area (Å²) < 4.78 is 0. The number of nitro benzene ring substituents is 1. The summed E-state index contributed by atoms with van der Waals surface area (Å²) >= 11 is 4.97. The van der Waals surface area contributed by atoms with Crippen molar-refractivity contribution in [3.63, 3.8) is 0 Å². The highest BCUT2D eigenvalue weighted by molar-refractivity contribution is 7.80. The number of hydrogen-bond donors (Lipinski definition) is 3. The number of rotatable bonds is 4. The molecule has 1 aromatic rings. The third-order valence-corrected chi connectivity index (χ3v) is 2.14. The summed E-state index contributed by atoms with van der Waals surface area (Å²) in [6.07, 6.45) is -0.494. The maximum Gasteiger partial charge on any atom is 0.269 e. The number of nitro groups is 1. The second-order valence-corrected chi connectivity index (χ2v) is 3.90. The Hall–Kier alpha value is -1.73. The van der Waals surface area contributed by atoms with E-state index in [0.717, 1.165) is 0 Å². The van der Waals surface area contributed by atoms with E-state index in [9.17, 15) is 10.1 Å². The lowest BCUT2D eigenvalue weighted by Crippen LogP contribution is -2.33. The average molecular weight is 255 g/mol. The monoisotopic (exact) mass is 255 g/mol. The molecule has 0 bridgehead atoms. The van der Waals surface area contributed by atoms with Crippen molar-refractivity contribution in [1.82, 2.24) is 5.32 Å². The molecule has 1 rings (SSSR count). The fraction of sp³-hybridized carbons (Fsp3) is 0.300. The van der Waals surface area contributed by atoms with E-state index in [0.29, 0.717) is 17.3 Å². The quantitative estimate of drug-likeness (QED) is 0.426. The van der Waals surface area contributed by atoms with Gasteiger partial charge in [0.05, 0.1) is 11.0 Å². The Labute approximate surface area is 104 Å². The third-order valence-electron chi connectivity index (χ3n) is 1.89. The lowest BCUT2D eigenvalue weighted by Gasteiger charge is -2.11. The molecule has 0 radical (unpaired) electrons. The van der Waals surface area contributed by atoms with E-state index in [-0.39, 0.29) is 5.69 Å². The highest BCUT2D eigenvalue weighted by Gasteiger charge is 2.04. The average Bonchev–Trinajstić information content (AvgIpc) is 2.27. The molecule has 6 nitrogen and oxygen atoms in total. The smallest absolute Gasteiger partial charge is 0.269 e. The Kier molecular flexibility index (Phi) is 4.80. The molecule has 0 aliphatic rings. The summed E-state index contributed by atoms with van der Waals surface area (Å²) in [5.74, 6) is 0. The minimum atomic E-state index is -0.494. The van der Waals surface area contributed by atoms with Crippen molar-refractivity contribution in [2.75, 3.05) is 11.9 Å². The first kappa shape index (κ1) is 13.3. The summed E-state index contributed by atoms with van der Waals surface area (Å²) in [6, 6.07) is 5.90. The molecule has 0 aromatic heterocycles. The minimum absolute atomic E-state index is 0.0263. The number of nitrogens with zero attached hydrogens (tertiary/aromatic N) is 1. The maximum absolute atomic E-state index is 10.4. The van der Waals surface area contributed by atoms with Crippen LogP contribution >= 0.6 is 12.2 Å². The zero-order valence-corrected chi connectivity index (χ0v) is 10.0. The molecule has 7 heteroatoms. The Balaban J connectivity index is 2.51. The Bertz CT molecular complexity index is 406. The minimum Gasteiger partial charge on any atom is -0.392 e. The molecular formula is C10H13N3O3S. The van der Waals surface area contributed by atoms with Gasteiger partial charge in [0.2, 0.25) is 0 Å². The molecular weight excluding hydrogens is 242 g/mol. The van der Waals surface area contributed by atoms with E-state index in [4.69, 9.17) is 17.3 Å². The molecule has 0 saturated heterocycles. The van der Waals surface area contributed by atoms with Crippen LogP contribution in [0.4, 0.5) is 11.4 Å². The topological polar surface area (TPSA) is 87.4 Å². The third kappa shape index (κ3) is 4.75. The highest BCUT2D eigenvalue weighted by atomic mass is 32.1. The second kappa shape index (κ2) is 6.12. The van der Waals surface area contributed by atoms with Crippen molar-refractivity contribution in [3.05, 3.63) is 34.4 Å². The van der Waals surface area contributed by atoms with Crippen molar-refractivity contribution in [2.45, 2.75) is 13.0 Å². The van der Waals surface area contributed by atoms with Crippen LogP contribution in [0, 0.1) is 10.1 Å². The molecule has 0 amide bonds. The van der Waals surface area contributed by atoms with Crippen molar-refractivity contribution in [1.29, 1.82) is 0 Å². The number of anilines is 1. The number of hydrogen-bond acceptors (Lipinski definition) is 4. The number of aliphatic hydroxyl groups is 1. The zero-order chi connectivity index (χ0) is 12.8. The van der Waals surface area contributed by atoms with Gasteiger partial charge < -0.3 is 15.7 Å². The summed E-state index contributed by atoms with van der Waals surface area (Å²) in [5.41, 5.74) is 0.678. The van der Waals surface area contributed by atoms with Gasteiger partial charge >= 0.3 is 0 Å². The van der Waals surface area contributed by atoms with Gasteiger partial charge in [-0.15, -0.1) is 0 Å². The van der Waals surface area contributed by atoms with Crippen LogP contribution in [0.3, 0.4) is 0 Å². The maximum atomic E-state index is 10.4.